The molecule has 1 aliphatic rings. The predicted octanol–water partition coefficient (Wildman–Crippen LogP) is 1.35. The second-order valence-corrected chi connectivity index (χ2v) is 5.11. The Balaban J connectivity index is 1.80. The molecule has 0 spiro atoms. The fourth-order valence-electron chi connectivity index (χ4n) is 2.06. The number of piperidine rings is 1. The van der Waals surface area contributed by atoms with Crippen LogP contribution in [0.2, 0.25) is 0 Å². The molecule has 0 atom stereocenters. The molecule has 0 saturated carbocycles. The lowest BCUT2D eigenvalue weighted by molar-refractivity contribution is -0.121. The Morgan fingerprint density at radius 3 is 2.67 bits per heavy atom. The molecule has 1 amide bonds. The van der Waals surface area contributed by atoms with Gasteiger partial charge in [0.25, 0.3) is 0 Å². The van der Waals surface area contributed by atoms with Crippen molar-refractivity contribution in [3.05, 3.63) is 18.5 Å². The number of hydrogen-bond acceptors (Lipinski definition) is 4. The van der Waals surface area contributed by atoms with E-state index in [0.717, 1.165) is 37.2 Å². The van der Waals surface area contributed by atoms with E-state index in [-0.39, 0.29) is 11.9 Å². The molecule has 6 heteroatoms. The largest absolute Gasteiger partial charge is 0.353 e. The first-order chi connectivity index (χ1) is 8.79. The molecule has 1 aliphatic heterocycles. The number of halogens is 1. The first kappa shape index (κ1) is 13.3. The summed E-state index contributed by atoms with van der Waals surface area (Å²) < 4.78 is 0. The van der Waals surface area contributed by atoms with E-state index in [2.05, 4.69) is 36.1 Å². The highest BCUT2D eigenvalue weighted by atomic mass is 79.9. The highest BCUT2D eigenvalue weighted by Gasteiger charge is 2.21. The average Bonchev–Trinajstić information content (AvgIpc) is 2.41. The Labute approximate surface area is 115 Å². The van der Waals surface area contributed by atoms with Crippen molar-refractivity contribution in [1.29, 1.82) is 0 Å². The summed E-state index contributed by atoms with van der Waals surface area (Å²) in [7, 11) is 0. The quantitative estimate of drug-likeness (QED) is 0.853. The number of carbonyl (C=O) groups is 1. The van der Waals surface area contributed by atoms with Crippen LogP contribution in [0.3, 0.4) is 0 Å². The fourth-order valence-corrected chi connectivity index (χ4v) is 2.42. The Kier molecular flexibility index (Phi) is 4.92. The lowest BCUT2D eigenvalue weighted by atomic mass is 10.1. The summed E-state index contributed by atoms with van der Waals surface area (Å²) in [5.41, 5.74) is 0. The second kappa shape index (κ2) is 6.68. The zero-order valence-corrected chi connectivity index (χ0v) is 11.8. The number of hydrogen-bond donors (Lipinski definition) is 1. The Morgan fingerprint density at radius 2 is 2.06 bits per heavy atom. The van der Waals surface area contributed by atoms with Crippen LogP contribution in [0, 0.1) is 0 Å². The van der Waals surface area contributed by atoms with Gasteiger partial charge in [-0.3, -0.25) is 4.79 Å². The van der Waals surface area contributed by atoms with Crippen LogP contribution in [0.25, 0.3) is 0 Å². The van der Waals surface area contributed by atoms with Gasteiger partial charge >= 0.3 is 0 Å². The zero-order valence-electron chi connectivity index (χ0n) is 10.2. The van der Waals surface area contributed by atoms with E-state index in [4.69, 9.17) is 0 Å². The third kappa shape index (κ3) is 3.66. The van der Waals surface area contributed by atoms with E-state index in [0.29, 0.717) is 6.42 Å². The molecular formula is C12H17BrN4O. The highest BCUT2D eigenvalue weighted by molar-refractivity contribution is 9.09. The van der Waals surface area contributed by atoms with E-state index in [9.17, 15) is 4.79 Å². The zero-order chi connectivity index (χ0) is 12.8. The van der Waals surface area contributed by atoms with Crippen molar-refractivity contribution in [3.63, 3.8) is 0 Å². The third-order valence-electron chi connectivity index (χ3n) is 3.02. The molecule has 0 bridgehead atoms. The first-order valence-electron chi connectivity index (χ1n) is 6.17. The summed E-state index contributed by atoms with van der Waals surface area (Å²) in [6.07, 6.45) is 5.96. The van der Waals surface area contributed by atoms with Crippen molar-refractivity contribution in [2.45, 2.75) is 25.3 Å². The predicted molar refractivity (Wildman–Crippen MR) is 73.8 cm³/mol. The van der Waals surface area contributed by atoms with Gasteiger partial charge in [0.1, 0.15) is 0 Å². The van der Waals surface area contributed by atoms with E-state index in [1.165, 1.54) is 0 Å². The molecule has 1 aromatic rings. The normalized spacial score (nSPS) is 16.6. The Bertz CT molecular complexity index is 379. The maximum Gasteiger partial charge on any atom is 0.225 e. The number of anilines is 1. The molecule has 1 aromatic heterocycles. The van der Waals surface area contributed by atoms with Gasteiger partial charge in [-0.1, -0.05) is 15.9 Å². The molecule has 18 heavy (non-hydrogen) atoms. The van der Waals surface area contributed by atoms with Gasteiger partial charge in [0.05, 0.1) is 0 Å². The molecule has 1 fully saturated rings. The Hall–Kier alpha value is -1.17. The minimum absolute atomic E-state index is 0.126. The Morgan fingerprint density at radius 1 is 1.39 bits per heavy atom. The number of nitrogens with zero attached hydrogens (tertiary/aromatic N) is 3. The van der Waals surface area contributed by atoms with Crippen molar-refractivity contribution in [2.75, 3.05) is 23.3 Å². The van der Waals surface area contributed by atoms with Gasteiger partial charge in [-0.25, -0.2) is 9.97 Å². The van der Waals surface area contributed by atoms with Gasteiger partial charge in [0.15, 0.2) is 0 Å². The van der Waals surface area contributed by atoms with Gasteiger partial charge in [-0.05, 0) is 18.9 Å². The SMILES string of the molecule is O=C(CCBr)NC1CCN(c2ncccn2)CC1. The van der Waals surface area contributed by atoms with E-state index >= 15 is 0 Å². The molecule has 0 unspecified atom stereocenters. The van der Waals surface area contributed by atoms with Crippen LogP contribution in [0.5, 0.6) is 0 Å². The molecular weight excluding hydrogens is 296 g/mol. The van der Waals surface area contributed by atoms with Crippen LogP contribution < -0.4 is 10.2 Å². The summed E-state index contributed by atoms with van der Waals surface area (Å²) in [5.74, 6) is 0.907. The first-order valence-corrected chi connectivity index (χ1v) is 7.29. The molecule has 98 valence electrons. The van der Waals surface area contributed by atoms with Crippen LogP contribution in [0.1, 0.15) is 19.3 Å². The molecule has 0 radical (unpaired) electrons. The van der Waals surface area contributed by atoms with Gasteiger partial charge in [-0.15, -0.1) is 0 Å². The van der Waals surface area contributed by atoms with Gasteiger partial charge < -0.3 is 10.2 Å². The summed E-state index contributed by atoms with van der Waals surface area (Å²) in [6, 6.07) is 2.10. The monoisotopic (exact) mass is 312 g/mol. The minimum atomic E-state index is 0.126. The highest BCUT2D eigenvalue weighted by Crippen LogP contribution is 2.15. The maximum absolute atomic E-state index is 11.5. The molecule has 2 rings (SSSR count). The molecule has 1 saturated heterocycles. The fraction of sp³-hybridized carbons (Fsp3) is 0.583. The number of nitrogens with one attached hydrogen (secondary N) is 1. The third-order valence-corrected chi connectivity index (χ3v) is 3.41. The summed E-state index contributed by atoms with van der Waals surface area (Å²) in [5, 5.41) is 3.77. The molecule has 5 nitrogen and oxygen atoms in total. The van der Waals surface area contributed by atoms with Crippen LogP contribution in [0.4, 0.5) is 5.95 Å². The number of rotatable bonds is 4. The average molecular weight is 313 g/mol. The van der Waals surface area contributed by atoms with Crippen molar-refractivity contribution in [2.24, 2.45) is 0 Å². The summed E-state index contributed by atoms with van der Waals surface area (Å²) in [4.78, 5) is 22.1. The van der Waals surface area contributed by atoms with Gasteiger partial charge in [-0.2, -0.15) is 0 Å². The number of aromatic nitrogens is 2. The lowest BCUT2D eigenvalue weighted by Crippen LogP contribution is -2.45. The van der Waals surface area contributed by atoms with Crippen LogP contribution in [-0.4, -0.2) is 40.3 Å². The second-order valence-electron chi connectivity index (χ2n) is 4.32. The van der Waals surface area contributed by atoms with Crippen molar-refractivity contribution in [1.82, 2.24) is 15.3 Å². The van der Waals surface area contributed by atoms with E-state index in [1.807, 2.05) is 6.07 Å². The van der Waals surface area contributed by atoms with Crippen LogP contribution in [-0.2, 0) is 4.79 Å². The molecule has 2 heterocycles. The standard InChI is InChI=1S/C12H17BrN4O/c13-5-2-11(18)16-10-3-8-17(9-4-10)12-14-6-1-7-15-12/h1,6-7,10H,2-5,8-9H2,(H,16,18). The van der Waals surface area contributed by atoms with Crippen LogP contribution >= 0.6 is 15.9 Å². The minimum Gasteiger partial charge on any atom is -0.353 e. The van der Waals surface area contributed by atoms with Gasteiger partial charge in [0.2, 0.25) is 11.9 Å². The van der Waals surface area contributed by atoms with Crippen molar-refractivity contribution >= 4 is 27.8 Å². The lowest BCUT2D eigenvalue weighted by Gasteiger charge is -2.32. The smallest absolute Gasteiger partial charge is 0.225 e. The topological polar surface area (TPSA) is 58.1 Å². The van der Waals surface area contributed by atoms with Crippen LogP contribution in [0.15, 0.2) is 18.5 Å². The van der Waals surface area contributed by atoms with Crippen molar-refractivity contribution < 1.29 is 4.79 Å². The number of alkyl halides is 1. The van der Waals surface area contributed by atoms with E-state index in [1.54, 1.807) is 12.4 Å². The van der Waals surface area contributed by atoms with E-state index < -0.39 is 0 Å². The molecule has 0 aliphatic carbocycles. The van der Waals surface area contributed by atoms with Crippen molar-refractivity contribution in [3.8, 4) is 0 Å². The number of carbonyl (C=O) groups excluding carboxylic acids is 1. The summed E-state index contributed by atoms with van der Waals surface area (Å²) in [6.45, 7) is 1.78. The maximum atomic E-state index is 11.5. The number of amides is 1. The summed E-state index contributed by atoms with van der Waals surface area (Å²) >= 11 is 3.27. The van der Waals surface area contributed by atoms with Gasteiger partial charge in [0, 0.05) is 43.3 Å². The molecule has 1 N–H and O–H groups in total. The molecule has 0 aromatic carbocycles.